The molecule has 1 N–H and O–H groups in total. The zero-order valence-electron chi connectivity index (χ0n) is 11.4. The maximum absolute atomic E-state index is 11.6. The summed E-state index contributed by atoms with van der Waals surface area (Å²) >= 11 is 0. The van der Waals surface area contributed by atoms with Crippen LogP contribution in [0.2, 0.25) is 0 Å². The van der Waals surface area contributed by atoms with Crippen LogP contribution in [-0.2, 0) is 20.4 Å². The van der Waals surface area contributed by atoms with Crippen LogP contribution in [-0.4, -0.2) is 28.5 Å². The third kappa shape index (κ3) is 4.01. The molecule has 1 amide bonds. The van der Waals surface area contributed by atoms with Gasteiger partial charge in [0.15, 0.2) is 11.5 Å². The Bertz CT molecular complexity index is 600. The summed E-state index contributed by atoms with van der Waals surface area (Å²) in [5, 5.41) is 2.59. The van der Waals surface area contributed by atoms with Gasteiger partial charge in [-0.2, -0.15) is 0 Å². The molecular formula is C12H16ClNO5S. The highest BCUT2D eigenvalue weighted by molar-refractivity contribution is 8.13. The third-order valence-electron chi connectivity index (χ3n) is 2.63. The van der Waals surface area contributed by atoms with Crippen molar-refractivity contribution in [1.29, 1.82) is 0 Å². The number of hydrogen-bond acceptors (Lipinski definition) is 5. The van der Waals surface area contributed by atoms with Gasteiger partial charge in [-0.05, 0) is 11.6 Å². The molecule has 0 unspecified atom stereocenters. The Kier molecular flexibility index (Phi) is 5.64. The summed E-state index contributed by atoms with van der Waals surface area (Å²) in [5.74, 6) is 0.410. The average molecular weight is 322 g/mol. The standard InChI is InChI=1S/C12H16ClNO5S/c1-4-12(15)14-7-8-5-9(18-2)10(19-3)6-11(8)20(13,16)17/h5-6H,4,7H2,1-3H3,(H,14,15). The van der Waals surface area contributed by atoms with Gasteiger partial charge in [-0.3, -0.25) is 4.79 Å². The van der Waals surface area contributed by atoms with Crippen LogP contribution in [0.1, 0.15) is 18.9 Å². The van der Waals surface area contributed by atoms with Crippen LogP contribution in [0.4, 0.5) is 0 Å². The zero-order valence-corrected chi connectivity index (χ0v) is 13.0. The van der Waals surface area contributed by atoms with Gasteiger partial charge in [-0.1, -0.05) is 6.92 Å². The van der Waals surface area contributed by atoms with Gasteiger partial charge < -0.3 is 14.8 Å². The molecule has 8 heteroatoms. The summed E-state index contributed by atoms with van der Waals surface area (Å²) in [7, 11) is 4.26. The van der Waals surface area contributed by atoms with Crippen molar-refractivity contribution in [2.45, 2.75) is 24.8 Å². The largest absolute Gasteiger partial charge is 0.493 e. The maximum atomic E-state index is 11.6. The van der Waals surface area contributed by atoms with E-state index in [2.05, 4.69) is 5.32 Å². The van der Waals surface area contributed by atoms with Crippen LogP contribution in [0.3, 0.4) is 0 Å². The first kappa shape index (κ1) is 16.6. The Morgan fingerprint density at radius 2 is 1.80 bits per heavy atom. The van der Waals surface area contributed by atoms with E-state index < -0.39 is 9.05 Å². The molecule has 1 aromatic rings. The van der Waals surface area contributed by atoms with E-state index in [9.17, 15) is 13.2 Å². The van der Waals surface area contributed by atoms with Crippen molar-refractivity contribution in [3.05, 3.63) is 17.7 Å². The van der Waals surface area contributed by atoms with E-state index in [1.54, 1.807) is 6.92 Å². The first-order valence-electron chi connectivity index (χ1n) is 5.79. The second-order valence-corrected chi connectivity index (χ2v) is 6.42. The summed E-state index contributed by atoms with van der Waals surface area (Å²) < 4.78 is 33.3. The molecule has 0 bridgehead atoms. The van der Waals surface area contributed by atoms with Gasteiger partial charge in [-0.25, -0.2) is 8.42 Å². The molecule has 112 valence electrons. The quantitative estimate of drug-likeness (QED) is 0.806. The SMILES string of the molecule is CCC(=O)NCc1cc(OC)c(OC)cc1S(=O)(=O)Cl. The highest BCUT2D eigenvalue weighted by Gasteiger charge is 2.20. The second kappa shape index (κ2) is 6.81. The van der Waals surface area contributed by atoms with Crippen LogP contribution in [0.5, 0.6) is 11.5 Å². The molecule has 0 saturated heterocycles. The minimum atomic E-state index is -3.96. The molecule has 20 heavy (non-hydrogen) atoms. The van der Waals surface area contributed by atoms with Crippen molar-refractivity contribution in [2.24, 2.45) is 0 Å². The van der Waals surface area contributed by atoms with E-state index in [1.807, 2.05) is 0 Å². The fourth-order valence-corrected chi connectivity index (χ4v) is 2.71. The van der Waals surface area contributed by atoms with E-state index in [0.29, 0.717) is 17.7 Å². The predicted octanol–water partition coefficient (Wildman–Crippen LogP) is 1.66. The Morgan fingerprint density at radius 1 is 1.25 bits per heavy atom. The second-order valence-electron chi connectivity index (χ2n) is 3.88. The molecule has 0 radical (unpaired) electrons. The fraction of sp³-hybridized carbons (Fsp3) is 0.417. The first-order valence-corrected chi connectivity index (χ1v) is 8.10. The van der Waals surface area contributed by atoms with Crippen molar-refractivity contribution in [3.8, 4) is 11.5 Å². The molecule has 0 saturated carbocycles. The zero-order chi connectivity index (χ0) is 15.3. The van der Waals surface area contributed by atoms with Crippen molar-refractivity contribution in [1.82, 2.24) is 5.32 Å². The molecule has 0 spiro atoms. The van der Waals surface area contributed by atoms with Gasteiger partial charge in [0.05, 0.1) is 19.1 Å². The number of benzene rings is 1. The van der Waals surface area contributed by atoms with Gasteiger partial charge in [0.25, 0.3) is 9.05 Å². The smallest absolute Gasteiger partial charge is 0.261 e. The lowest BCUT2D eigenvalue weighted by molar-refractivity contribution is -0.120. The number of nitrogens with one attached hydrogen (secondary N) is 1. The predicted molar refractivity (Wildman–Crippen MR) is 74.7 cm³/mol. The van der Waals surface area contributed by atoms with Gasteiger partial charge in [0.2, 0.25) is 5.91 Å². The summed E-state index contributed by atoms with van der Waals surface area (Å²) in [6, 6.07) is 2.75. The molecule has 0 aliphatic rings. The van der Waals surface area contributed by atoms with E-state index in [1.165, 1.54) is 26.4 Å². The number of carbonyl (C=O) groups is 1. The normalized spacial score (nSPS) is 11.0. The lowest BCUT2D eigenvalue weighted by atomic mass is 10.2. The molecule has 0 aliphatic heterocycles. The van der Waals surface area contributed by atoms with Crippen LogP contribution in [0.25, 0.3) is 0 Å². The van der Waals surface area contributed by atoms with Crippen molar-refractivity contribution in [2.75, 3.05) is 14.2 Å². The van der Waals surface area contributed by atoms with Crippen molar-refractivity contribution < 1.29 is 22.7 Å². The number of carbonyl (C=O) groups excluding carboxylic acids is 1. The summed E-state index contributed by atoms with van der Waals surface area (Å²) in [4.78, 5) is 11.2. The van der Waals surface area contributed by atoms with Crippen LogP contribution < -0.4 is 14.8 Å². The summed E-state index contributed by atoms with van der Waals surface area (Å²) in [6.45, 7) is 1.73. The van der Waals surface area contributed by atoms with Gasteiger partial charge in [0.1, 0.15) is 0 Å². The fourth-order valence-electron chi connectivity index (χ4n) is 1.59. The van der Waals surface area contributed by atoms with E-state index >= 15 is 0 Å². The van der Waals surface area contributed by atoms with E-state index in [4.69, 9.17) is 20.2 Å². The highest BCUT2D eigenvalue weighted by Crippen LogP contribution is 2.34. The van der Waals surface area contributed by atoms with Crippen LogP contribution in [0.15, 0.2) is 17.0 Å². The maximum Gasteiger partial charge on any atom is 0.261 e. The Hall–Kier alpha value is -1.47. The highest BCUT2D eigenvalue weighted by atomic mass is 35.7. The number of amides is 1. The molecular weight excluding hydrogens is 306 g/mol. The van der Waals surface area contributed by atoms with Gasteiger partial charge in [0, 0.05) is 29.7 Å². The summed E-state index contributed by atoms with van der Waals surface area (Å²) in [5.41, 5.74) is 0.333. The number of ether oxygens (including phenoxy) is 2. The first-order chi connectivity index (χ1) is 9.33. The van der Waals surface area contributed by atoms with Gasteiger partial charge >= 0.3 is 0 Å². The van der Waals surface area contributed by atoms with Crippen molar-refractivity contribution in [3.63, 3.8) is 0 Å². The minimum Gasteiger partial charge on any atom is -0.493 e. The lowest BCUT2D eigenvalue weighted by Crippen LogP contribution is -2.22. The monoisotopic (exact) mass is 321 g/mol. The number of methoxy groups -OCH3 is 2. The molecule has 0 aliphatic carbocycles. The molecule has 0 heterocycles. The minimum absolute atomic E-state index is 0.0360. The van der Waals surface area contributed by atoms with E-state index in [-0.39, 0.29) is 23.1 Å². The number of hydrogen-bond donors (Lipinski definition) is 1. The molecule has 0 atom stereocenters. The molecule has 1 rings (SSSR count). The molecule has 6 nitrogen and oxygen atoms in total. The van der Waals surface area contributed by atoms with Crippen LogP contribution in [0, 0.1) is 0 Å². The van der Waals surface area contributed by atoms with Crippen molar-refractivity contribution >= 4 is 25.6 Å². The summed E-state index contributed by atoms with van der Waals surface area (Å²) in [6.07, 6.45) is 0.302. The number of halogens is 1. The van der Waals surface area contributed by atoms with Crippen LogP contribution >= 0.6 is 10.7 Å². The van der Waals surface area contributed by atoms with E-state index in [0.717, 1.165) is 0 Å². The molecule has 0 aromatic heterocycles. The Morgan fingerprint density at radius 3 is 2.25 bits per heavy atom. The molecule has 1 aromatic carbocycles. The lowest BCUT2D eigenvalue weighted by Gasteiger charge is -2.13. The number of rotatable bonds is 6. The third-order valence-corrected chi connectivity index (χ3v) is 4.03. The Balaban J connectivity index is 3.28. The Labute approximate surface area is 122 Å². The van der Waals surface area contributed by atoms with Gasteiger partial charge in [-0.15, -0.1) is 0 Å². The average Bonchev–Trinajstić information content (AvgIpc) is 2.42. The topological polar surface area (TPSA) is 81.7 Å². The molecule has 0 fully saturated rings.